The van der Waals surface area contributed by atoms with E-state index in [1.54, 1.807) is 0 Å². The van der Waals surface area contributed by atoms with E-state index in [0.717, 1.165) is 40.5 Å². The molecule has 1 aliphatic carbocycles. The molecular weight excluding hydrogens is 491 g/mol. The second-order valence-corrected chi connectivity index (χ2v) is 10.5. The van der Waals surface area contributed by atoms with E-state index in [9.17, 15) is 4.79 Å². The van der Waals surface area contributed by atoms with Crippen LogP contribution >= 0.6 is 11.3 Å². The van der Waals surface area contributed by atoms with Crippen molar-refractivity contribution in [2.24, 2.45) is 3.21 Å². The molecular formula is C20H20N6OSSn. The summed E-state index contributed by atoms with van der Waals surface area (Å²) in [5.74, 6) is 0.695. The van der Waals surface area contributed by atoms with Gasteiger partial charge in [-0.2, -0.15) is 0 Å². The van der Waals surface area contributed by atoms with Crippen LogP contribution < -0.4 is 10.6 Å². The van der Waals surface area contributed by atoms with Gasteiger partial charge in [0.25, 0.3) is 0 Å². The van der Waals surface area contributed by atoms with E-state index in [-0.39, 0.29) is 5.91 Å². The van der Waals surface area contributed by atoms with Gasteiger partial charge in [0.2, 0.25) is 0 Å². The van der Waals surface area contributed by atoms with Crippen LogP contribution in [0, 0.1) is 6.92 Å². The van der Waals surface area contributed by atoms with Crippen LogP contribution in [0.15, 0.2) is 31.1 Å². The molecule has 1 aliphatic heterocycles. The molecule has 0 bridgehead atoms. The number of nitrogens with zero attached hydrogens (tertiary/aromatic N) is 4. The van der Waals surface area contributed by atoms with Crippen LogP contribution in [-0.4, -0.2) is 53.9 Å². The van der Waals surface area contributed by atoms with Crippen molar-refractivity contribution in [3.05, 3.63) is 44.9 Å². The topological polar surface area (TPSA) is 83.7 Å². The van der Waals surface area contributed by atoms with Crippen LogP contribution in [-0.2, 0) is 0 Å². The summed E-state index contributed by atoms with van der Waals surface area (Å²) < 4.78 is 8.76. The van der Waals surface area contributed by atoms with Gasteiger partial charge in [-0.25, -0.2) is 0 Å². The molecule has 3 aromatic rings. The first kappa shape index (κ1) is 18.8. The maximum atomic E-state index is 12.5. The Morgan fingerprint density at radius 1 is 1.34 bits per heavy atom. The number of aryl methyl sites for hydroxylation is 1. The van der Waals surface area contributed by atoms with Gasteiger partial charge in [0.15, 0.2) is 0 Å². The second kappa shape index (κ2) is 7.91. The summed E-state index contributed by atoms with van der Waals surface area (Å²) in [6, 6.07) is 2.20. The van der Waals surface area contributed by atoms with Crippen LogP contribution in [0.5, 0.6) is 0 Å². The van der Waals surface area contributed by atoms with Crippen molar-refractivity contribution in [1.82, 2.24) is 19.7 Å². The van der Waals surface area contributed by atoms with Crippen LogP contribution in [0.25, 0.3) is 11.2 Å². The van der Waals surface area contributed by atoms with Crippen LogP contribution in [0.3, 0.4) is 0 Å². The maximum absolute atomic E-state index is 12.5. The number of amides is 1. The van der Waals surface area contributed by atoms with Gasteiger partial charge in [-0.05, 0) is 12.8 Å². The minimum atomic E-state index is -0.738. The van der Waals surface area contributed by atoms with Gasteiger partial charge in [-0.1, -0.05) is 12.8 Å². The average molecular weight is 511 g/mol. The molecule has 1 saturated carbocycles. The molecule has 0 saturated heterocycles. The fraction of sp³-hybridized carbons (Fsp3) is 0.300. The van der Waals surface area contributed by atoms with E-state index >= 15 is 0 Å². The predicted octanol–water partition coefficient (Wildman–Crippen LogP) is 3.56. The molecule has 5 rings (SSSR count). The summed E-state index contributed by atoms with van der Waals surface area (Å²) in [5.41, 5.74) is 4.53. The van der Waals surface area contributed by atoms with Crippen molar-refractivity contribution in [2.45, 2.75) is 38.6 Å². The van der Waals surface area contributed by atoms with Gasteiger partial charge < -0.3 is 0 Å². The summed E-state index contributed by atoms with van der Waals surface area (Å²) in [7, 11) is 0. The molecule has 1 amide bonds. The molecule has 2 aliphatic rings. The van der Waals surface area contributed by atoms with Crippen LogP contribution in [0.1, 0.15) is 47.4 Å². The van der Waals surface area contributed by atoms with Gasteiger partial charge in [0, 0.05) is 6.04 Å². The molecule has 9 heteroatoms. The van der Waals surface area contributed by atoms with Crippen molar-refractivity contribution >= 4 is 66.9 Å². The second-order valence-electron chi connectivity index (χ2n) is 7.33. The van der Waals surface area contributed by atoms with E-state index < -0.39 is 21.4 Å². The Bertz CT molecular complexity index is 1140. The Morgan fingerprint density at radius 3 is 3.00 bits per heavy atom. The summed E-state index contributed by atoms with van der Waals surface area (Å²) in [6.07, 6.45) is 10.4. The third-order valence-electron chi connectivity index (χ3n) is 5.20. The molecule has 0 spiro atoms. The van der Waals surface area contributed by atoms with Gasteiger partial charge in [0.05, 0.1) is 0 Å². The number of aromatic nitrogens is 3. The first-order chi connectivity index (χ1) is 14.2. The number of anilines is 2. The molecule has 7 nitrogen and oxygen atoms in total. The Labute approximate surface area is 182 Å². The third-order valence-corrected chi connectivity index (χ3v) is 8.10. The summed E-state index contributed by atoms with van der Waals surface area (Å²) >= 11 is 0.764. The number of fused-ring (bicyclic) bond motifs is 1. The number of carbonyl (C=O) groups excluding carboxylic acids is 1. The van der Waals surface area contributed by atoms with E-state index in [2.05, 4.69) is 32.3 Å². The Balaban J connectivity index is 1.40. The van der Waals surface area contributed by atoms with Gasteiger partial charge >= 0.3 is 152 Å². The molecule has 0 aromatic carbocycles. The molecule has 3 aromatic heterocycles. The number of thiophene rings is 1. The number of hydrogen-bond acceptors (Lipinski definition) is 6. The summed E-state index contributed by atoms with van der Waals surface area (Å²) in [6.45, 7) is 1.97. The number of imidazole rings is 1. The average Bonchev–Trinajstić information content (AvgIpc) is 3.48. The molecule has 4 heterocycles. The van der Waals surface area contributed by atoms with Crippen LogP contribution in [0.2, 0.25) is 0 Å². The fourth-order valence-electron chi connectivity index (χ4n) is 3.77. The zero-order valence-corrected chi connectivity index (χ0v) is 19.6. The molecule has 29 heavy (non-hydrogen) atoms. The first-order valence-electron chi connectivity index (χ1n) is 9.67. The van der Waals surface area contributed by atoms with Gasteiger partial charge in [0.1, 0.15) is 0 Å². The zero-order chi connectivity index (χ0) is 19.8. The van der Waals surface area contributed by atoms with Gasteiger partial charge in [-0.3, -0.25) is 0 Å². The Hall–Kier alpha value is -2.20. The Morgan fingerprint density at radius 2 is 2.21 bits per heavy atom. The van der Waals surface area contributed by atoms with Crippen molar-refractivity contribution in [1.29, 1.82) is 0 Å². The summed E-state index contributed by atoms with van der Waals surface area (Å²) in [5, 5.41) is 9.27. The monoisotopic (exact) mass is 512 g/mol. The molecule has 2 N–H and O–H groups in total. The van der Waals surface area contributed by atoms with Crippen molar-refractivity contribution in [3.63, 3.8) is 0 Å². The van der Waals surface area contributed by atoms with Crippen molar-refractivity contribution in [2.75, 3.05) is 5.32 Å². The van der Waals surface area contributed by atoms with E-state index in [1.165, 1.54) is 24.2 Å². The molecule has 146 valence electrons. The number of carbonyl (C=O) groups is 1. The predicted molar refractivity (Wildman–Crippen MR) is 117 cm³/mol. The summed E-state index contributed by atoms with van der Waals surface area (Å²) in [4.78, 5) is 21.7. The zero-order valence-electron chi connectivity index (χ0n) is 16.0. The quantitative estimate of drug-likeness (QED) is 0.514. The first-order valence-corrected chi connectivity index (χ1v) is 13.5. The fourth-order valence-corrected chi connectivity index (χ4v) is 6.41. The van der Waals surface area contributed by atoms with Crippen molar-refractivity contribution in [3.8, 4) is 0 Å². The van der Waals surface area contributed by atoms with E-state index in [1.807, 2.05) is 37.0 Å². The SMILES string of the molecule is Cc1cn2c(C3=[CH][Sn][N]=C3)cnc2c(Nc2cc(C(=O)NC3CCCC3)cs2)n1. The molecule has 2 radical (unpaired) electrons. The molecule has 0 unspecified atom stereocenters. The molecule has 0 atom stereocenters. The van der Waals surface area contributed by atoms with Crippen molar-refractivity contribution < 1.29 is 4.79 Å². The number of nitrogens with one attached hydrogen (secondary N) is 2. The normalized spacial score (nSPS) is 16.5. The number of allylic oxidation sites excluding steroid dienone is 1. The standard InChI is InChI=1S/C20H20N6OS.Sn/c1-12(8-21)16-9-22-19-18(23-13(2)10-26(16)19)25-17-7-14(11-28-17)20(27)24-15-5-3-4-6-15;/h1,7-11,15H,3-6H2,2H3,(H,23,25)(H,24,27);/q-1;+1. The van der Waals surface area contributed by atoms with Gasteiger partial charge in [-0.15, -0.1) is 0 Å². The van der Waals surface area contributed by atoms with E-state index in [0.29, 0.717) is 17.4 Å². The number of rotatable bonds is 5. The molecule has 1 fully saturated rings. The minimum absolute atomic E-state index is 0.00389. The van der Waals surface area contributed by atoms with Crippen LogP contribution in [0.4, 0.5) is 10.8 Å². The van der Waals surface area contributed by atoms with E-state index in [4.69, 9.17) is 0 Å². The Kier molecular flexibility index (Phi) is 5.13. The third kappa shape index (κ3) is 3.83. The number of hydrogen-bond donors (Lipinski definition) is 2.